The molecule has 0 atom stereocenters. The number of amides is 2. The normalized spacial score (nSPS) is 14.7. The Morgan fingerprint density at radius 3 is 2.56 bits per heavy atom. The summed E-state index contributed by atoms with van der Waals surface area (Å²) in [6, 6.07) is 3.77. The first-order valence-electron chi connectivity index (χ1n) is 5.47. The molecule has 18 heavy (non-hydrogen) atoms. The molecule has 1 aromatic rings. The second-order valence-electron chi connectivity index (χ2n) is 3.79. The first-order valence-corrected chi connectivity index (χ1v) is 5.47. The molecule has 2 rings (SSSR count). The molecule has 1 fully saturated rings. The van der Waals surface area contributed by atoms with Gasteiger partial charge < -0.3 is 5.73 Å². The van der Waals surface area contributed by atoms with E-state index in [0.717, 1.165) is 4.90 Å². The van der Waals surface area contributed by atoms with Gasteiger partial charge in [-0.05, 0) is 18.2 Å². The minimum absolute atomic E-state index is 0.123. The fourth-order valence-corrected chi connectivity index (χ4v) is 1.79. The van der Waals surface area contributed by atoms with Crippen LogP contribution in [0.3, 0.4) is 0 Å². The first kappa shape index (κ1) is 12.3. The third-order valence-corrected chi connectivity index (χ3v) is 2.58. The van der Waals surface area contributed by atoms with Crippen LogP contribution < -0.4 is 10.6 Å². The fraction of sp³-hybridized carbons (Fsp3) is 0.231. The summed E-state index contributed by atoms with van der Waals surface area (Å²) < 4.78 is 13.2. The number of hydrogen-bond acceptors (Lipinski definition) is 3. The van der Waals surface area contributed by atoms with E-state index in [-0.39, 0.29) is 31.2 Å². The second-order valence-corrected chi connectivity index (χ2v) is 3.79. The number of carbonyl (C=O) groups excluding carboxylic acids is 2. The second kappa shape index (κ2) is 4.98. The highest BCUT2D eigenvalue weighted by Gasteiger charge is 2.31. The van der Waals surface area contributed by atoms with Gasteiger partial charge in [0.1, 0.15) is 5.82 Å². The maximum atomic E-state index is 13.2. The summed E-state index contributed by atoms with van der Waals surface area (Å²) in [5, 5.41) is 0. The number of nitrogens with two attached hydrogens (primary N) is 1. The van der Waals surface area contributed by atoms with Gasteiger partial charge in [0.05, 0.1) is 17.8 Å². The van der Waals surface area contributed by atoms with Crippen molar-refractivity contribution in [3.63, 3.8) is 0 Å². The molecule has 1 aliphatic heterocycles. The van der Waals surface area contributed by atoms with Gasteiger partial charge in [-0.3, -0.25) is 9.59 Å². The molecule has 1 heterocycles. The Hall–Kier alpha value is -2.19. The van der Waals surface area contributed by atoms with Crippen LogP contribution in [0.4, 0.5) is 10.1 Å². The Morgan fingerprint density at radius 2 is 1.94 bits per heavy atom. The van der Waals surface area contributed by atoms with Crippen molar-refractivity contribution in [1.29, 1.82) is 0 Å². The Balaban J connectivity index is 2.49. The van der Waals surface area contributed by atoms with Crippen LogP contribution in [-0.2, 0) is 9.59 Å². The van der Waals surface area contributed by atoms with Gasteiger partial charge in [0.2, 0.25) is 11.8 Å². The molecular weight excluding hydrogens is 235 g/mol. The Labute approximate surface area is 104 Å². The zero-order valence-corrected chi connectivity index (χ0v) is 9.57. The Kier molecular flexibility index (Phi) is 3.40. The average Bonchev–Trinajstić information content (AvgIpc) is 2.67. The average molecular weight is 246 g/mol. The molecule has 0 saturated carbocycles. The number of halogens is 1. The van der Waals surface area contributed by atoms with Crippen molar-refractivity contribution in [2.24, 2.45) is 5.73 Å². The minimum atomic E-state index is -0.473. The summed E-state index contributed by atoms with van der Waals surface area (Å²) in [6.45, 7) is 0.123. The molecule has 0 aromatic heterocycles. The lowest BCUT2D eigenvalue weighted by Gasteiger charge is -2.15. The number of hydrogen-bond donors (Lipinski definition) is 1. The van der Waals surface area contributed by atoms with Gasteiger partial charge in [-0.2, -0.15) is 0 Å². The van der Waals surface area contributed by atoms with Crippen LogP contribution in [0.25, 0.3) is 0 Å². The van der Waals surface area contributed by atoms with E-state index in [1.54, 1.807) is 0 Å². The lowest BCUT2D eigenvalue weighted by molar-refractivity contribution is -0.121. The maximum Gasteiger partial charge on any atom is 0.234 e. The molecule has 4 nitrogen and oxygen atoms in total. The molecule has 1 saturated heterocycles. The third-order valence-electron chi connectivity index (χ3n) is 2.58. The van der Waals surface area contributed by atoms with Crippen molar-refractivity contribution in [3.8, 4) is 11.8 Å². The van der Waals surface area contributed by atoms with E-state index < -0.39 is 5.82 Å². The van der Waals surface area contributed by atoms with E-state index in [1.165, 1.54) is 18.2 Å². The van der Waals surface area contributed by atoms with E-state index in [2.05, 4.69) is 11.8 Å². The third kappa shape index (κ3) is 2.24. The van der Waals surface area contributed by atoms with Crippen LogP contribution in [0.15, 0.2) is 18.2 Å². The zero-order chi connectivity index (χ0) is 13.1. The SMILES string of the molecule is NCC#Cc1cc(F)ccc1N1C(=O)CCC1=O. The van der Waals surface area contributed by atoms with Crippen molar-refractivity contribution in [2.75, 3.05) is 11.4 Å². The van der Waals surface area contributed by atoms with E-state index in [1.807, 2.05) is 0 Å². The van der Waals surface area contributed by atoms with Crippen LogP contribution in [-0.4, -0.2) is 18.4 Å². The molecule has 92 valence electrons. The topological polar surface area (TPSA) is 63.4 Å². The Morgan fingerprint density at radius 1 is 1.28 bits per heavy atom. The summed E-state index contributed by atoms with van der Waals surface area (Å²) >= 11 is 0. The van der Waals surface area contributed by atoms with Crippen molar-refractivity contribution in [2.45, 2.75) is 12.8 Å². The van der Waals surface area contributed by atoms with Gasteiger partial charge >= 0.3 is 0 Å². The van der Waals surface area contributed by atoms with Crippen LogP contribution in [0.2, 0.25) is 0 Å². The quantitative estimate of drug-likeness (QED) is 0.588. The van der Waals surface area contributed by atoms with Crippen molar-refractivity contribution in [1.82, 2.24) is 0 Å². The maximum absolute atomic E-state index is 13.2. The van der Waals surface area contributed by atoms with E-state index in [9.17, 15) is 14.0 Å². The fourth-order valence-electron chi connectivity index (χ4n) is 1.79. The predicted octanol–water partition coefficient (Wildman–Crippen LogP) is 0.789. The number of rotatable bonds is 1. The van der Waals surface area contributed by atoms with Gasteiger partial charge in [-0.1, -0.05) is 11.8 Å². The van der Waals surface area contributed by atoms with Crippen molar-refractivity contribution < 1.29 is 14.0 Å². The monoisotopic (exact) mass is 246 g/mol. The smallest absolute Gasteiger partial charge is 0.234 e. The highest BCUT2D eigenvalue weighted by molar-refractivity contribution is 6.20. The number of imide groups is 1. The van der Waals surface area contributed by atoms with Crippen LogP contribution in [0, 0.1) is 17.7 Å². The number of benzene rings is 1. The van der Waals surface area contributed by atoms with Gasteiger partial charge in [0, 0.05) is 12.8 Å². The summed E-state index contributed by atoms with van der Waals surface area (Å²) in [6.07, 6.45) is 0.361. The zero-order valence-electron chi connectivity index (χ0n) is 9.57. The molecular formula is C13H11FN2O2. The molecule has 1 aliphatic rings. The molecule has 0 unspecified atom stereocenters. The summed E-state index contributed by atoms with van der Waals surface area (Å²) in [4.78, 5) is 24.3. The summed E-state index contributed by atoms with van der Waals surface area (Å²) in [7, 11) is 0. The van der Waals surface area contributed by atoms with Crippen molar-refractivity contribution in [3.05, 3.63) is 29.6 Å². The van der Waals surface area contributed by atoms with E-state index in [4.69, 9.17) is 5.73 Å². The lowest BCUT2D eigenvalue weighted by Crippen LogP contribution is -2.29. The first-order chi connectivity index (χ1) is 8.63. The molecule has 0 aliphatic carbocycles. The van der Waals surface area contributed by atoms with Gasteiger partial charge in [-0.25, -0.2) is 9.29 Å². The molecule has 0 spiro atoms. The molecule has 2 amide bonds. The van der Waals surface area contributed by atoms with Crippen LogP contribution >= 0.6 is 0 Å². The van der Waals surface area contributed by atoms with Crippen LogP contribution in [0.5, 0.6) is 0 Å². The van der Waals surface area contributed by atoms with Gasteiger partial charge in [0.25, 0.3) is 0 Å². The minimum Gasteiger partial charge on any atom is -0.320 e. The number of nitrogens with zero attached hydrogens (tertiary/aromatic N) is 1. The largest absolute Gasteiger partial charge is 0.320 e. The highest BCUT2D eigenvalue weighted by atomic mass is 19.1. The standard InChI is InChI=1S/C13H11FN2O2/c14-10-3-4-11(9(8-10)2-1-7-15)16-12(17)5-6-13(16)18/h3-4,8H,5-7,15H2. The van der Waals surface area contributed by atoms with Gasteiger partial charge in [0.15, 0.2) is 0 Å². The number of anilines is 1. The van der Waals surface area contributed by atoms with E-state index >= 15 is 0 Å². The lowest BCUT2D eigenvalue weighted by atomic mass is 10.1. The van der Waals surface area contributed by atoms with Crippen molar-refractivity contribution >= 4 is 17.5 Å². The molecule has 5 heteroatoms. The molecule has 1 aromatic carbocycles. The van der Waals surface area contributed by atoms with Gasteiger partial charge in [-0.15, -0.1) is 0 Å². The molecule has 0 radical (unpaired) electrons. The predicted molar refractivity (Wildman–Crippen MR) is 64.1 cm³/mol. The highest BCUT2D eigenvalue weighted by Crippen LogP contribution is 2.26. The van der Waals surface area contributed by atoms with Crippen LogP contribution in [0.1, 0.15) is 18.4 Å². The van der Waals surface area contributed by atoms with E-state index in [0.29, 0.717) is 11.3 Å². The summed E-state index contributed by atoms with van der Waals surface area (Å²) in [5.41, 5.74) is 5.88. The molecule has 0 bridgehead atoms. The Bertz CT molecular complexity index is 556. The molecule has 2 N–H and O–H groups in total. The number of carbonyl (C=O) groups is 2. The summed E-state index contributed by atoms with van der Waals surface area (Å²) in [5.74, 6) is 4.21.